The summed E-state index contributed by atoms with van der Waals surface area (Å²) >= 11 is 0.709. The molecule has 0 aliphatic carbocycles. The summed E-state index contributed by atoms with van der Waals surface area (Å²) in [6.45, 7) is -0.650. The lowest BCUT2D eigenvalue weighted by Crippen LogP contribution is -2.07. The van der Waals surface area contributed by atoms with Crippen molar-refractivity contribution in [3.8, 4) is 11.5 Å². The van der Waals surface area contributed by atoms with Crippen LogP contribution in [-0.4, -0.2) is 42.2 Å². The van der Waals surface area contributed by atoms with E-state index in [0.717, 1.165) is 12.1 Å². The molecule has 0 atom stereocenters. The fraction of sp³-hybridized carbons (Fsp3) is 0.105. The molecule has 1 aromatic carbocycles. The summed E-state index contributed by atoms with van der Waals surface area (Å²) in [5.41, 5.74) is 0.169. The number of benzene rings is 1. The van der Waals surface area contributed by atoms with Crippen molar-refractivity contribution in [2.24, 2.45) is 0 Å². The number of Topliss-reactive ketones (excluding diaryl/α,β-unsaturated/α-hetero) is 1. The van der Waals surface area contributed by atoms with Crippen LogP contribution in [0.2, 0.25) is 0 Å². The van der Waals surface area contributed by atoms with Crippen molar-refractivity contribution >= 4 is 17.5 Å². The molecule has 0 radical (unpaired) electrons. The van der Waals surface area contributed by atoms with Crippen LogP contribution in [-0.2, 0) is 6.54 Å². The predicted octanol–water partition coefficient (Wildman–Crippen LogP) is 2.98. The van der Waals surface area contributed by atoms with Crippen LogP contribution >= 0.6 is 11.8 Å². The van der Waals surface area contributed by atoms with Gasteiger partial charge in [0.1, 0.15) is 29.7 Å². The highest BCUT2D eigenvalue weighted by Gasteiger charge is 2.22. The molecule has 152 valence electrons. The number of nitrogens with zero attached hydrogens (tertiary/aromatic N) is 5. The van der Waals surface area contributed by atoms with Gasteiger partial charge >= 0.3 is 0 Å². The molecule has 3 aromatic heterocycles. The van der Waals surface area contributed by atoms with E-state index >= 15 is 0 Å². The quantitative estimate of drug-likeness (QED) is 0.447. The molecule has 0 saturated heterocycles. The van der Waals surface area contributed by atoms with Crippen molar-refractivity contribution in [2.75, 3.05) is 6.61 Å². The minimum atomic E-state index is -0.953. The van der Waals surface area contributed by atoms with E-state index < -0.39 is 24.0 Å². The molecule has 0 fully saturated rings. The van der Waals surface area contributed by atoms with Crippen molar-refractivity contribution in [3.05, 3.63) is 72.1 Å². The fourth-order valence-electron chi connectivity index (χ4n) is 2.67. The van der Waals surface area contributed by atoms with Crippen LogP contribution in [0.3, 0.4) is 0 Å². The van der Waals surface area contributed by atoms with E-state index in [0.29, 0.717) is 29.0 Å². The lowest BCUT2D eigenvalue weighted by atomic mass is 10.1. The first-order valence-corrected chi connectivity index (χ1v) is 9.41. The summed E-state index contributed by atoms with van der Waals surface area (Å²) in [6.07, 6.45) is 6.00. The van der Waals surface area contributed by atoms with Gasteiger partial charge in [-0.15, -0.1) is 10.2 Å². The van der Waals surface area contributed by atoms with Gasteiger partial charge in [-0.05, 0) is 36.0 Å². The van der Waals surface area contributed by atoms with Gasteiger partial charge in [0.15, 0.2) is 16.8 Å². The van der Waals surface area contributed by atoms with E-state index in [1.54, 1.807) is 16.7 Å². The molecule has 8 nitrogen and oxygen atoms in total. The summed E-state index contributed by atoms with van der Waals surface area (Å²) in [4.78, 5) is 19.4. The summed E-state index contributed by atoms with van der Waals surface area (Å²) in [7, 11) is 0. The Morgan fingerprint density at radius 3 is 2.63 bits per heavy atom. The zero-order valence-corrected chi connectivity index (χ0v) is 16.0. The smallest absolute Gasteiger partial charge is 0.196 e. The molecule has 0 aliphatic heterocycles. The molecule has 0 saturated carbocycles. The van der Waals surface area contributed by atoms with Crippen LogP contribution in [0, 0.1) is 11.6 Å². The van der Waals surface area contributed by atoms with Crippen LogP contribution in [0.4, 0.5) is 8.78 Å². The van der Waals surface area contributed by atoms with Crippen LogP contribution in [0.25, 0.3) is 11.5 Å². The maximum absolute atomic E-state index is 14.5. The first-order valence-electron chi connectivity index (χ1n) is 8.59. The van der Waals surface area contributed by atoms with E-state index in [1.165, 1.54) is 24.9 Å². The van der Waals surface area contributed by atoms with Crippen molar-refractivity contribution < 1.29 is 23.1 Å². The van der Waals surface area contributed by atoms with Crippen molar-refractivity contribution in [3.63, 3.8) is 0 Å². The number of carbonyl (C=O) groups excluding carboxylic acids is 1. The van der Waals surface area contributed by atoms with Gasteiger partial charge in [-0.1, -0.05) is 0 Å². The molecule has 0 amide bonds. The summed E-state index contributed by atoms with van der Waals surface area (Å²) in [5, 5.41) is 17.2. The number of ketones is 1. The van der Waals surface area contributed by atoms with E-state index in [-0.39, 0.29) is 22.2 Å². The minimum Gasteiger partial charge on any atom is -0.467 e. The number of carbonyl (C=O) groups is 1. The number of aromatic nitrogens is 5. The number of aliphatic hydroxyl groups is 1. The number of hydrogen-bond donors (Lipinski definition) is 1. The van der Waals surface area contributed by atoms with Crippen LogP contribution in [0.15, 0.2) is 63.6 Å². The lowest BCUT2D eigenvalue weighted by molar-refractivity contribution is 0.0902. The van der Waals surface area contributed by atoms with E-state index in [1.807, 2.05) is 0 Å². The second kappa shape index (κ2) is 8.51. The molecular formula is C19H13F2N5O3S. The largest absolute Gasteiger partial charge is 0.467 e. The van der Waals surface area contributed by atoms with Gasteiger partial charge in [-0.25, -0.2) is 13.8 Å². The number of hydrogen-bond acceptors (Lipinski definition) is 8. The predicted molar refractivity (Wildman–Crippen MR) is 101 cm³/mol. The zero-order chi connectivity index (χ0) is 21.1. The number of halogens is 2. The summed E-state index contributed by atoms with van der Waals surface area (Å²) in [6, 6.07) is 5.21. The number of aliphatic hydroxyl groups excluding tert-OH is 1. The van der Waals surface area contributed by atoms with Gasteiger partial charge < -0.3 is 9.52 Å². The maximum atomic E-state index is 14.5. The molecule has 0 spiro atoms. The second-order valence-electron chi connectivity index (χ2n) is 6.01. The molecule has 4 rings (SSSR count). The van der Waals surface area contributed by atoms with E-state index in [4.69, 9.17) is 9.52 Å². The highest BCUT2D eigenvalue weighted by atomic mass is 32.2. The third kappa shape index (κ3) is 3.98. The van der Waals surface area contributed by atoms with Crippen molar-refractivity contribution in [1.29, 1.82) is 0 Å². The molecule has 11 heteroatoms. The second-order valence-corrected chi connectivity index (χ2v) is 6.99. The molecule has 1 N–H and O–H groups in total. The van der Waals surface area contributed by atoms with Gasteiger partial charge in [0.05, 0.1) is 23.9 Å². The highest BCUT2D eigenvalue weighted by molar-refractivity contribution is 7.99. The molecule has 0 bridgehead atoms. The van der Waals surface area contributed by atoms with Gasteiger partial charge in [0.25, 0.3) is 0 Å². The molecular weight excluding hydrogens is 416 g/mol. The van der Waals surface area contributed by atoms with E-state index in [2.05, 4.69) is 20.2 Å². The monoisotopic (exact) mass is 429 g/mol. The topological polar surface area (TPSA) is 107 Å². The average molecular weight is 429 g/mol. The first-order chi connectivity index (χ1) is 14.6. The van der Waals surface area contributed by atoms with Gasteiger partial charge in [-0.3, -0.25) is 14.3 Å². The van der Waals surface area contributed by atoms with Gasteiger partial charge in [0, 0.05) is 18.0 Å². The average Bonchev–Trinajstić information content (AvgIpc) is 3.41. The Balaban J connectivity index is 1.74. The molecule has 3 heterocycles. The van der Waals surface area contributed by atoms with Crippen LogP contribution in [0.1, 0.15) is 16.1 Å². The number of rotatable bonds is 7. The van der Waals surface area contributed by atoms with Crippen LogP contribution in [0.5, 0.6) is 0 Å². The Bertz CT molecular complexity index is 1160. The fourth-order valence-corrected chi connectivity index (χ4v) is 3.51. The molecule has 0 aliphatic rings. The third-order valence-corrected chi connectivity index (χ3v) is 5.14. The van der Waals surface area contributed by atoms with Gasteiger partial charge in [0.2, 0.25) is 0 Å². The Labute approximate surface area is 172 Å². The normalized spacial score (nSPS) is 11.0. The number of furan rings is 1. The van der Waals surface area contributed by atoms with Crippen LogP contribution < -0.4 is 0 Å². The third-order valence-electron chi connectivity index (χ3n) is 4.06. The van der Waals surface area contributed by atoms with Gasteiger partial charge in [-0.2, -0.15) is 0 Å². The SMILES string of the molecule is O=C(CO)c1cc(F)c(Sc2nnc(-c3cnccn3)n2Cc2ccco2)c(F)c1. The highest BCUT2D eigenvalue weighted by Crippen LogP contribution is 2.34. The van der Waals surface area contributed by atoms with Crippen molar-refractivity contribution in [1.82, 2.24) is 24.7 Å². The summed E-state index contributed by atoms with van der Waals surface area (Å²) < 4.78 is 36.0. The Kier molecular flexibility index (Phi) is 5.63. The first kappa shape index (κ1) is 19.9. The Morgan fingerprint density at radius 1 is 1.20 bits per heavy atom. The molecule has 4 aromatic rings. The zero-order valence-electron chi connectivity index (χ0n) is 15.2. The standard InChI is InChI=1S/C19H13F2N5O3S/c20-13-6-11(16(28)10-27)7-14(21)17(13)30-19-25-24-18(15-8-22-3-4-23-15)26(19)9-12-2-1-5-29-12/h1-8,27H,9-10H2. The van der Waals surface area contributed by atoms with E-state index in [9.17, 15) is 13.6 Å². The van der Waals surface area contributed by atoms with Crippen molar-refractivity contribution in [2.45, 2.75) is 16.6 Å². The maximum Gasteiger partial charge on any atom is 0.196 e. The lowest BCUT2D eigenvalue weighted by Gasteiger charge is -2.10. The summed E-state index contributed by atoms with van der Waals surface area (Å²) in [5.74, 6) is -1.77. The molecule has 30 heavy (non-hydrogen) atoms. The Hall–Kier alpha value is -3.44. The Morgan fingerprint density at radius 2 is 2.00 bits per heavy atom. The molecule has 0 unspecified atom stereocenters. The minimum absolute atomic E-state index is 0.186.